The highest BCUT2D eigenvalue weighted by molar-refractivity contribution is 6.17. The van der Waals surface area contributed by atoms with Crippen molar-refractivity contribution in [3.8, 4) is 11.5 Å². The normalized spacial score (nSPS) is 11.4. The molecule has 2 aromatic carbocycles. The van der Waals surface area contributed by atoms with Crippen LogP contribution in [-0.2, 0) is 12.1 Å². The molecule has 0 unspecified atom stereocenters. The Morgan fingerprint density at radius 1 is 1.05 bits per heavy atom. The summed E-state index contributed by atoms with van der Waals surface area (Å²) in [6.07, 6.45) is -4.45. The van der Waals surface area contributed by atoms with Gasteiger partial charge in [0, 0.05) is 5.88 Å². The van der Waals surface area contributed by atoms with Crippen LogP contribution in [0.2, 0.25) is 0 Å². The molecule has 0 fully saturated rings. The quantitative estimate of drug-likeness (QED) is 0.676. The lowest BCUT2D eigenvalue weighted by Crippen LogP contribution is -2.07. The predicted molar refractivity (Wildman–Crippen MR) is 72.3 cm³/mol. The Morgan fingerprint density at radius 2 is 1.75 bits per heavy atom. The highest BCUT2D eigenvalue weighted by Crippen LogP contribution is 2.38. The number of aryl methyl sites for hydroxylation is 1. The van der Waals surface area contributed by atoms with Crippen molar-refractivity contribution < 1.29 is 17.9 Å². The molecular weight excluding hydrogens is 289 g/mol. The second-order valence-electron chi connectivity index (χ2n) is 4.33. The minimum atomic E-state index is -4.45. The van der Waals surface area contributed by atoms with Crippen LogP contribution in [0, 0.1) is 6.92 Å². The molecule has 1 nitrogen and oxygen atoms in total. The van der Waals surface area contributed by atoms with Crippen molar-refractivity contribution in [3.05, 3.63) is 59.2 Å². The number of alkyl halides is 4. The van der Waals surface area contributed by atoms with Crippen LogP contribution in [0.3, 0.4) is 0 Å². The van der Waals surface area contributed by atoms with Gasteiger partial charge in [-0.2, -0.15) is 13.2 Å². The fourth-order valence-corrected chi connectivity index (χ4v) is 1.91. The second kappa shape index (κ2) is 5.75. The number of para-hydroxylation sites is 1. The molecule has 106 valence electrons. The van der Waals surface area contributed by atoms with Gasteiger partial charge in [-0.3, -0.25) is 0 Å². The summed E-state index contributed by atoms with van der Waals surface area (Å²) < 4.78 is 44.1. The highest BCUT2D eigenvalue weighted by Gasteiger charge is 2.34. The van der Waals surface area contributed by atoms with Gasteiger partial charge in [0.25, 0.3) is 0 Å². The third-order valence-electron chi connectivity index (χ3n) is 2.82. The molecule has 0 aliphatic heterocycles. The Morgan fingerprint density at radius 3 is 2.40 bits per heavy atom. The smallest absolute Gasteiger partial charge is 0.419 e. The van der Waals surface area contributed by atoms with Crippen molar-refractivity contribution in [2.45, 2.75) is 19.0 Å². The maximum Gasteiger partial charge on any atom is 0.419 e. The van der Waals surface area contributed by atoms with Gasteiger partial charge in [0.15, 0.2) is 0 Å². The highest BCUT2D eigenvalue weighted by atomic mass is 35.5. The minimum absolute atomic E-state index is 0.213. The van der Waals surface area contributed by atoms with E-state index >= 15 is 0 Å². The molecule has 0 heterocycles. The van der Waals surface area contributed by atoms with Crippen LogP contribution in [-0.4, -0.2) is 0 Å². The Bertz CT molecular complexity index is 608. The first-order valence-electron chi connectivity index (χ1n) is 5.91. The number of benzene rings is 2. The van der Waals surface area contributed by atoms with E-state index in [1.807, 2.05) is 6.07 Å². The number of hydrogen-bond donors (Lipinski definition) is 0. The van der Waals surface area contributed by atoms with Crippen LogP contribution >= 0.6 is 11.6 Å². The van der Waals surface area contributed by atoms with E-state index in [-0.39, 0.29) is 11.6 Å². The van der Waals surface area contributed by atoms with Gasteiger partial charge in [0.1, 0.15) is 11.5 Å². The van der Waals surface area contributed by atoms with Crippen molar-refractivity contribution in [2.75, 3.05) is 0 Å². The van der Waals surface area contributed by atoms with E-state index in [1.54, 1.807) is 19.1 Å². The third kappa shape index (κ3) is 3.25. The maximum atomic E-state index is 12.9. The van der Waals surface area contributed by atoms with Crippen LogP contribution in [0.25, 0.3) is 0 Å². The largest absolute Gasteiger partial charge is 0.456 e. The molecule has 0 amide bonds. The van der Waals surface area contributed by atoms with Gasteiger partial charge in [-0.05, 0) is 36.2 Å². The molecule has 0 atom stereocenters. The second-order valence-corrected chi connectivity index (χ2v) is 4.60. The summed E-state index contributed by atoms with van der Waals surface area (Å²) >= 11 is 5.72. The lowest BCUT2D eigenvalue weighted by Gasteiger charge is -2.15. The van der Waals surface area contributed by atoms with Crippen molar-refractivity contribution in [1.29, 1.82) is 0 Å². The molecule has 0 aromatic heterocycles. The van der Waals surface area contributed by atoms with Crippen molar-refractivity contribution in [2.24, 2.45) is 0 Å². The van der Waals surface area contributed by atoms with Gasteiger partial charge < -0.3 is 4.74 Å². The molecule has 0 N–H and O–H groups in total. The lowest BCUT2D eigenvalue weighted by atomic mass is 10.1. The van der Waals surface area contributed by atoms with E-state index in [2.05, 4.69) is 0 Å². The Labute approximate surface area is 119 Å². The Balaban J connectivity index is 2.40. The van der Waals surface area contributed by atoms with Gasteiger partial charge in [-0.15, -0.1) is 11.6 Å². The first-order chi connectivity index (χ1) is 9.41. The van der Waals surface area contributed by atoms with Crippen LogP contribution in [0.4, 0.5) is 13.2 Å². The molecular formula is C15H12ClF3O. The molecule has 0 spiro atoms. The van der Waals surface area contributed by atoms with Crippen LogP contribution in [0.5, 0.6) is 11.5 Å². The zero-order chi connectivity index (χ0) is 14.8. The van der Waals surface area contributed by atoms with Gasteiger partial charge in [-0.1, -0.05) is 24.3 Å². The summed E-state index contributed by atoms with van der Waals surface area (Å²) in [4.78, 5) is 0. The van der Waals surface area contributed by atoms with Crippen LogP contribution in [0.1, 0.15) is 16.7 Å². The number of halogens is 4. The number of ether oxygens (including phenoxy) is 1. The molecule has 2 rings (SSSR count). The molecule has 0 aliphatic carbocycles. The van der Waals surface area contributed by atoms with E-state index in [4.69, 9.17) is 16.3 Å². The third-order valence-corrected chi connectivity index (χ3v) is 3.13. The zero-order valence-corrected chi connectivity index (χ0v) is 11.4. The number of rotatable bonds is 3. The zero-order valence-electron chi connectivity index (χ0n) is 10.7. The average molecular weight is 301 g/mol. The molecule has 0 radical (unpaired) electrons. The SMILES string of the molecule is Cc1ccc(CCl)cc1Oc1ccccc1C(F)(F)F. The van der Waals surface area contributed by atoms with Gasteiger partial charge in [0.2, 0.25) is 0 Å². The van der Waals surface area contributed by atoms with Crippen LogP contribution in [0.15, 0.2) is 42.5 Å². The van der Waals surface area contributed by atoms with Crippen molar-refractivity contribution >= 4 is 11.6 Å². The van der Waals surface area contributed by atoms with E-state index < -0.39 is 11.7 Å². The lowest BCUT2D eigenvalue weighted by molar-refractivity contribution is -0.138. The summed E-state index contributed by atoms with van der Waals surface area (Å²) in [6, 6.07) is 10.4. The summed E-state index contributed by atoms with van der Waals surface area (Å²) in [6.45, 7) is 1.77. The van der Waals surface area contributed by atoms with E-state index in [9.17, 15) is 13.2 Å². The summed E-state index contributed by atoms with van der Waals surface area (Å²) in [7, 11) is 0. The summed E-state index contributed by atoms with van der Waals surface area (Å²) in [5.74, 6) is 0.437. The topological polar surface area (TPSA) is 9.23 Å². The Kier molecular flexibility index (Phi) is 4.23. The van der Waals surface area contributed by atoms with Gasteiger partial charge >= 0.3 is 6.18 Å². The standard InChI is InChI=1S/C15H12ClF3O/c1-10-6-7-11(9-16)8-14(10)20-13-5-3-2-4-12(13)15(17,18)19/h2-8H,9H2,1H3. The summed E-state index contributed by atoms with van der Waals surface area (Å²) in [5.41, 5.74) is 0.739. The van der Waals surface area contributed by atoms with Gasteiger partial charge in [0.05, 0.1) is 5.56 Å². The first kappa shape index (κ1) is 14.7. The number of hydrogen-bond acceptors (Lipinski definition) is 1. The molecule has 0 saturated carbocycles. The fraction of sp³-hybridized carbons (Fsp3) is 0.200. The predicted octanol–water partition coefficient (Wildman–Crippen LogP) is 5.54. The van der Waals surface area contributed by atoms with Gasteiger partial charge in [-0.25, -0.2) is 0 Å². The molecule has 5 heteroatoms. The molecule has 0 aliphatic rings. The maximum absolute atomic E-state index is 12.9. The van der Waals surface area contributed by atoms with E-state index in [0.29, 0.717) is 5.75 Å². The molecule has 20 heavy (non-hydrogen) atoms. The van der Waals surface area contributed by atoms with Crippen LogP contribution < -0.4 is 4.74 Å². The Hall–Kier alpha value is -1.68. The average Bonchev–Trinajstić information content (AvgIpc) is 2.41. The minimum Gasteiger partial charge on any atom is -0.456 e. The molecule has 2 aromatic rings. The van der Waals surface area contributed by atoms with Crippen molar-refractivity contribution in [1.82, 2.24) is 0 Å². The van der Waals surface area contributed by atoms with E-state index in [0.717, 1.165) is 17.2 Å². The molecule has 0 saturated heterocycles. The first-order valence-corrected chi connectivity index (χ1v) is 6.45. The van der Waals surface area contributed by atoms with Crippen molar-refractivity contribution in [3.63, 3.8) is 0 Å². The fourth-order valence-electron chi connectivity index (χ4n) is 1.75. The molecule has 0 bridgehead atoms. The van der Waals surface area contributed by atoms with E-state index in [1.165, 1.54) is 18.2 Å². The monoisotopic (exact) mass is 300 g/mol. The summed E-state index contributed by atoms with van der Waals surface area (Å²) in [5, 5.41) is 0.